The van der Waals surface area contributed by atoms with Gasteiger partial charge in [-0.05, 0) is 12.8 Å². The summed E-state index contributed by atoms with van der Waals surface area (Å²) in [4.78, 5) is 12.7. The van der Waals surface area contributed by atoms with Crippen molar-refractivity contribution in [2.45, 2.75) is 19.4 Å². The SMILES string of the molecule is NNc1cn2ccnc2c(NCCCCn2ccnc2)n1. The molecule has 21 heavy (non-hydrogen) atoms. The van der Waals surface area contributed by atoms with Gasteiger partial charge in [0.15, 0.2) is 17.3 Å². The summed E-state index contributed by atoms with van der Waals surface area (Å²) in [5, 5.41) is 3.31. The van der Waals surface area contributed by atoms with E-state index in [4.69, 9.17) is 5.84 Å². The van der Waals surface area contributed by atoms with Crippen molar-refractivity contribution in [1.82, 2.24) is 23.9 Å². The van der Waals surface area contributed by atoms with Gasteiger partial charge < -0.3 is 19.7 Å². The number of unbranched alkanes of at least 4 members (excludes halogenated alkanes) is 1. The number of imidazole rings is 2. The van der Waals surface area contributed by atoms with Crippen molar-refractivity contribution in [3.05, 3.63) is 37.3 Å². The zero-order chi connectivity index (χ0) is 14.5. The number of aromatic nitrogens is 5. The first-order valence-corrected chi connectivity index (χ1v) is 6.87. The summed E-state index contributed by atoms with van der Waals surface area (Å²) in [5.41, 5.74) is 3.35. The molecule has 8 heteroatoms. The summed E-state index contributed by atoms with van der Waals surface area (Å²) >= 11 is 0. The second kappa shape index (κ2) is 6.23. The highest BCUT2D eigenvalue weighted by Crippen LogP contribution is 2.15. The van der Waals surface area contributed by atoms with Crippen LogP contribution >= 0.6 is 0 Å². The Kier molecular flexibility index (Phi) is 3.97. The van der Waals surface area contributed by atoms with Crippen molar-refractivity contribution in [2.75, 3.05) is 17.3 Å². The van der Waals surface area contributed by atoms with E-state index in [1.54, 1.807) is 18.6 Å². The fraction of sp³-hybridized carbons (Fsp3) is 0.308. The first-order valence-electron chi connectivity index (χ1n) is 6.87. The molecule has 0 saturated carbocycles. The van der Waals surface area contributed by atoms with E-state index in [0.29, 0.717) is 5.82 Å². The van der Waals surface area contributed by atoms with Gasteiger partial charge in [-0.3, -0.25) is 0 Å². The molecule has 110 valence electrons. The second-order valence-electron chi connectivity index (χ2n) is 4.71. The highest BCUT2D eigenvalue weighted by Gasteiger charge is 2.06. The van der Waals surface area contributed by atoms with Gasteiger partial charge in [-0.15, -0.1) is 0 Å². The number of nitrogens with one attached hydrogen (secondary N) is 2. The summed E-state index contributed by atoms with van der Waals surface area (Å²) < 4.78 is 3.96. The third kappa shape index (κ3) is 3.11. The summed E-state index contributed by atoms with van der Waals surface area (Å²) in [6, 6.07) is 0. The monoisotopic (exact) mass is 286 g/mol. The number of anilines is 2. The van der Waals surface area contributed by atoms with Gasteiger partial charge in [0.2, 0.25) is 0 Å². The normalized spacial score (nSPS) is 10.9. The molecule has 0 aliphatic carbocycles. The molecule has 0 radical (unpaired) electrons. The number of hydrogen-bond donors (Lipinski definition) is 3. The molecule has 0 aromatic carbocycles. The summed E-state index contributed by atoms with van der Waals surface area (Å²) in [7, 11) is 0. The van der Waals surface area contributed by atoms with Gasteiger partial charge >= 0.3 is 0 Å². The maximum absolute atomic E-state index is 5.43. The smallest absolute Gasteiger partial charge is 0.180 e. The van der Waals surface area contributed by atoms with Crippen molar-refractivity contribution < 1.29 is 0 Å². The lowest BCUT2D eigenvalue weighted by Crippen LogP contribution is -2.12. The Morgan fingerprint density at radius 1 is 1.19 bits per heavy atom. The number of nitrogen functional groups attached to an aromatic ring is 1. The van der Waals surface area contributed by atoms with Crippen molar-refractivity contribution in [3.8, 4) is 0 Å². The van der Waals surface area contributed by atoms with Crippen LogP contribution in [0.5, 0.6) is 0 Å². The molecule has 0 fully saturated rings. The lowest BCUT2D eigenvalue weighted by atomic mass is 10.3. The molecule has 0 amide bonds. The molecular weight excluding hydrogens is 268 g/mol. The Labute approximate surface area is 122 Å². The molecule has 0 atom stereocenters. The van der Waals surface area contributed by atoms with E-state index in [9.17, 15) is 0 Å². The highest BCUT2D eigenvalue weighted by atomic mass is 15.3. The molecule has 3 heterocycles. The molecule has 0 spiro atoms. The molecule has 4 N–H and O–H groups in total. The molecule has 0 aliphatic heterocycles. The van der Waals surface area contributed by atoms with Crippen molar-refractivity contribution >= 4 is 17.3 Å². The average molecular weight is 286 g/mol. The van der Waals surface area contributed by atoms with E-state index >= 15 is 0 Å². The Morgan fingerprint density at radius 3 is 2.95 bits per heavy atom. The molecule has 3 aromatic heterocycles. The van der Waals surface area contributed by atoms with Gasteiger partial charge in [0.05, 0.1) is 12.5 Å². The van der Waals surface area contributed by atoms with Gasteiger partial charge in [0.25, 0.3) is 0 Å². The van der Waals surface area contributed by atoms with Gasteiger partial charge in [0.1, 0.15) is 0 Å². The first-order chi connectivity index (χ1) is 10.4. The van der Waals surface area contributed by atoms with Gasteiger partial charge in [-0.25, -0.2) is 20.8 Å². The Hall–Kier alpha value is -2.61. The number of rotatable bonds is 7. The fourth-order valence-corrected chi connectivity index (χ4v) is 2.16. The van der Waals surface area contributed by atoms with Gasteiger partial charge in [-0.1, -0.05) is 0 Å². The standard InChI is InChI=1S/C13H18N8/c14-19-11-9-21-8-5-17-13(21)12(18-11)16-3-1-2-6-20-7-4-15-10-20/h4-5,7-10,19H,1-3,6,14H2,(H,16,18). The quantitative estimate of drug-likeness (QED) is 0.342. The maximum Gasteiger partial charge on any atom is 0.180 e. The number of hydrazine groups is 1. The van der Waals surface area contributed by atoms with Crippen LogP contribution in [0.1, 0.15) is 12.8 Å². The molecule has 0 aliphatic rings. The third-order valence-electron chi connectivity index (χ3n) is 3.22. The molecule has 8 nitrogen and oxygen atoms in total. The van der Waals surface area contributed by atoms with E-state index in [1.807, 2.05) is 23.1 Å². The van der Waals surface area contributed by atoms with Crippen LogP contribution in [-0.4, -0.2) is 30.5 Å². The first kappa shape index (κ1) is 13.4. The van der Waals surface area contributed by atoms with E-state index in [-0.39, 0.29) is 0 Å². The predicted molar refractivity (Wildman–Crippen MR) is 80.7 cm³/mol. The molecule has 3 rings (SSSR count). The van der Waals surface area contributed by atoms with Crippen LogP contribution in [0.4, 0.5) is 11.6 Å². The van der Waals surface area contributed by atoms with E-state index < -0.39 is 0 Å². The van der Waals surface area contributed by atoms with Gasteiger partial charge in [0, 0.05) is 37.9 Å². The molecule has 0 bridgehead atoms. The van der Waals surface area contributed by atoms with Crippen LogP contribution in [-0.2, 0) is 6.54 Å². The zero-order valence-electron chi connectivity index (χ0n) is 11.6. The minimum Gasteiger partial charge on any atom is -0.367 e. The highest BCUT2D eigenvalue weighted by molar-refractivity contribution is 5.65. The van der Waals surface area contributed by atoms with Crippen LogP contribution in [0.2, 0.25) is 0 Å². The molecular formula is C13H18N8. The Morgan fingerprint density at radius 2 is 2.14 bits per heavy atom. The minimum absolute atomic E-state index is 0.599. The van der Waals surface area contributed by atoms with Crippen LogP contribution in [0, 0.1) is 0 Å². The van der Waals surface area contributed by atoms with E-state index in [2.05, 4.69) is 30.3 Å². The third-order valence-corrected chi connectivity index (χ3v) is 3.22. The average Bonchev–Trinajstić information content (AvgIpc) is 3.17. The Balaban J connectivity index is 1.56. The van der Waals surface area contributed by atoms with Crippen LogP contribution in [0.25, 0.3) is 5.65 Å². The van der Waals surface area contributed by atoms with E-state index in [0.717, 1.165) is 37.4 Å². The number of nitrogens with two attached hydrogens (primary N) is 1. The van der Waals surface area contributed by atoms with E-state index in [1.165, 1.54) is 0 Å². The topological polar surface area (TPSA) is 98.1 Å². The largest absolute Gasteiger partial charge is 0.367 e. The lowest BCUT2D eigenvalue weighted by molar-refractivity contribution is 0.621. The molecule has 3 aromatic rings. The van der Waals surface area contributed by atoms with Crippen molar-refractivity contribution in [1.29, 1.82) is 0 Å². The van der Waals surface area contributed by atoms with Crippen LogP contribution in [0.3, 0.4) is 0 Å². The number of nitrogens with zero attached hydrogens (tertiary/aromatic N) is 5. The van der Waals surface area contributed by atoms with Gasteiger partial charge in [-0.2, -0.15) is 0 Å². The van der Waals surface area contributed by atoms with Crippen LogP contribution < -0.4 is 16.6 Å². The summed E-state index contributed by atoms with van der Waals surface area (Å²) in [6.45, 7) is 1.80. The maximum atomic E-state index is 5.43. The van der Waals surface area contributed by atoms with Crippen LogP contribution in [0.15, 0.2) is 37.3 Å². The lowest BCUT2D eigenvalue weighted by Gasteiger charge is -2.09. The predicted octanol–water partition coefficient (Wildman–Crippen LogP) is 1.10. The minimum atomic E-state index is 0.599. The zero-order valence-corrected chi connectivity index (χ0v) is 11.6. The fourth-order valence-electron chi connectivity index (χ4n) is 2.16. The second-order valence-corrected chi connectivity index (χ2v) is 4.71. The number of fused-ring (bicyclic) bond motifs is 1. The van der Waals surface area contributed by atoms with Crippen molar-refractivity contribution in [3.63, 3.8) is 0 Å². The summed E-state index contributed by atoms with van der Waals surface area (Å²) in [6.07, 6.45) is 13.1. The van der Waals surface area contributed by atoms with Crippen molar-refractivity contribution in [2.24, 2.45) is 5.84 Å². The Bertz CT molecular complexity index is 687. The number of hydrogen-bond acceptors (Lipinski definition) is 6. The molecule has 0 unspecified atom stereocenters. The summed E-state index contributed by atoms with van der Waals surface area (Å²) in [5.74, 6) is 6.76. The molecule has 0 saturated heterocycles. The number of aryl methyl sites for hydroxylation is 1.